The van der Waals surface area contributed by atoms with Crippen LogP contribution in [0.4, 0.5) is 0 Å². The Bertz CT molecular complexity index is 946. The van der Waals surface area contributed by atoms with Gasteiger partial charge in [-0.25, -0.2) is 13.4 Å². The van der Waals surface area contributed by atoms with Gasteiger partial charge in [0.05, 0.1) is 11.4 Å². The van der Waals surface area contributed by atoms with Crippen LogP contribution in [0.1, 0.15) is 23.6 Å². The average molecular weight is 570 g/mol. The fourth-order valence-electron chi connectivity index (χ4n) is 2.82. The van der Waals surface area contributed by atoms with Crippen LogP contribution in [-0.2, 0) is 22.8 Å². The third kappa shape index (κ3) is 8.70. The Kier molecular flexibility index (Phi) is 10.7. The van der Waals surface area contributed by atoms with Crippen LogP contribution < -0.4 is 10.6 Å². The monoisotopic (exact) mass is 569 g/mol. The minimum absolute atomic E-state index is 0. The fourth-order valence-corrected chi connectivity index (χ4v) is 4.35. The van der Waals surface area contributed by atoms with Gasteiger partial charge in [0.2, 0.25) is 0 Å². The molecule has 29 heavy (non-hydrogen) atoms. The van der Waals surface area contributed by atoms with Crippen LogP contribution in [0, 0.1) is 6.92 Å². The number of rotatable bonds is 7. The van der Waals surface area contributed by atoms with Crippen molar-refractivity contribution in [1.82, 2.24) is 10.6 Å². The highest BCUT2D eigenvalue weighted by molar-refractivity contribution is 14.0. The third-order valence-corrected chi connectivity index (χ3v) is 5.72. The van der Waals surface area contributed by atoms with Gasteiger partial charge in [-0.2, -0.15) is 0 Å². The number of nitrogens with one attached hydrogen (secondary N) is 2. The number of nitrogens with zero attached hydrogens (tertiary/aromatic N) is 1. The summed E-state index contributed by atoms with van der Waals surface area (Å²) in [5.41, 5.74) is 2.72. The van der Waals surface area contributed by atoms with Gasteiger partial charge < -0.3 is 10.6 Å². The molecule has 2 aromatic carbocycles. The summed E-state index contributed by atoms with van der Waals surface area (Å²) >= 11 is 12.1. The van der Waals surface area contributed by atoms with Crippen molar-refractivity contribution < 1.29 is 8.42 Å². The first-order valence-electron chi connectivity index (χ1n) is 8.95. The lowest BCUT2D eigenvalue weighted by atomic mass is 10.1. The van der Waals surface area contributed by atoms with Crippen LogP contribution in [0.15, 0.2) is 46.3 Å². The van der Waals surface area contributed by atoms with Crippen LogP contribution in [0.2, 0.25) is 10.0 Å². The number of aliphatic imine (C=N–C) groups is 1. The minimum Gasteiger partial charge on any atom is -0.357 e. The topological polar surface area (TPSA) is 70.6 Å². The molecule has 0 saturated carbocycles. The Labute approximate surface area is 200 Å². The van der Waals surface area contributed by atoms with E-state index in [1.165, 1.54) is 6.26 Å². The van der Waals surface area contributed by atoms with Crippen LogP contribution >= 0.6 is 47.2 Å². The lowest BCUT2D eigenvalue weighted by Gasteiger charge is -2.12. The maximum Gasteiger partial charge on any atom is 0.191 e. The summed E-state index contributed by atoms with van der Waals surface area (Å²) in [5, 5.41) is 7.73. The lowest BCUT2D eigenvalue weighted by Crippen LogP contribution is -2.38. The first kappa shape index (κ1) is 26.0. The van der Waals surface area contributed by atoms with Crippen LogP contribution in [0.5, 0.6) is 0 Å². The standard InChI is InChI=1S/C20H25Cl2N3O2S.HI/c1-4-23-20(24-8-7-15-10-17(21)12-18(22)11-15)25-13-16-5-6-19(14(2)9-16)28(3,26)27;/h5-6,9-12H,4,7-8,13H2,1-3H3,(H2,23,24,25);1H. The van der Waals surface area contributed by atoms with Crippen molar-refractivity contribution in [3.63, 3.8) is 0 Å². The smallest absolute Gasteiger partial charge is 0.191 e. The van der Waals surface area contributed by atoms with Gasteiger partial charge in [0.15, 0.2) is 15.8 Å². The van der Waals surface area contributed by atoms with Crippen LogP contribution in [0.25, 0.3) is 0 Å². The Balaban J connectivity index is 0.00000420. The summed E-state index contributed by atoms with van der Waals surface area (Å²) in [6.45, 7) is 5.65. The van der Waals surface area contributed by atoms with Crippen molar-refractivity contribution in [2.75, 3.05) is 19.3 Å². The normalized spacial score (nSPS) is 11.7. The second-order valence-electron chi connectivity index (χ2n) is 6.52. The molecule has 0 bridgehead atoms. The van der Waals surface area contributed by atoms with Crippen LogP contribution in [-0.4, -0.2) is 33.7 Å². The average Bonchev–Trinajstić information content (AvgIpc) is 2.57. The molecule has 0 aliphatic rings. The number of hydrogen-bond donors (Lipinski definition) is 2. The van der Waals surface area contributed by atoms with Crippen molar-refractivity contribution in [1.29, 1.82) is 0 Å². The van der Waals surface area contributed by atoms with Gasteiger partial charge in [0, 0.05) is 29.4 Å². The van der Waals surface area contributed by atoms with Gasteiger partial charge >= 0.3 is 0 Å². The maximum absolute atomic E-state index is 11.7. The Morgan fingerprint density at radius 2 is 1.69 bits per heavy atom. The summed E-state index contributed by atoms with van der Waals surface area (Å²) in [4.78, 5) is 4.93. The molecule has 2 aromatic rings. The molecule has 0 radical (unpaired) electrons. The van der Waals surface area contributed by atoms with Gasteiger partial charge in [-0.05, 0) is 61.2 Å². The molecule has 0 amide bonds. The number of guanidine groups is 1. The first-order valence-corrected chi connectivity index (χ1v) is 11.6. The Hall–Kier alpha value is -1.03. The van der Waals surface area contributed by atoms with Crippen molar-refractivity contribution in [3.05, 3.63) is 63.1 Å². The molecule has 0 aliphatic heterocycles. The number of halogens is 3. The largest absolute Gasteiger partial charge is 0.357 e. The molecule has 0 fully saturated rings. The summed E-state index contributed by atoms with van der Waals surface area (Å²) in [6.07, 6.45) is 1.97. The zero-order chi connectivity index (χ0) is 20.7. The van der Waals surface area contributed by atoms with Crippen LogP contribution in [0.3, 0.4) is 0 Å². The van der Waals surface area contributed by atoms with E-state index in [0.29, 0.717) is 34.0 Å². The Morgan fingerprint density at radius 3 is 2.24 bits per heavy atom. The summed E-state index contributed by atoms with van der Waals surface area (Å²) in [7, 11) is -3.21. The summed E-state index contributed by atoms with van der Waals surface area (Å²) in [5.74, 6) is 0.695. The highest BCUT2D eigenvalue weighted by Gasteiger charge is 2.10. The predicted molar refractivity (Wildman–Crippen MR) is 133 cm³/mol. The highest BCUT2D eigenvalue weighted by atomic mass is 127. The quantitative estimate of drug-likeness (QED) is 0.290. The van der Waals surface area contributed by atoms with Gasteiger partial charge in [-0.3, -0.25) is 0 Å². The molecule has 0 unspecified atom stereocenters. The highest BCUT2D eigenvalue weighted by Crippen LogP contribution is 2.19. The van der Waals surface area contributed by atoms with Crippen molar-refractivity contribution >= 4 is 63.0 Å². The molecule has 9 heteroatoms. The second-order valence-corrected chi connectivity index (χ2v) is 9.38. The fraction of sp³-hybridized carbons (Fsp3) is 0.350. The zero-order valence-corrected chi connectivity index (χ0v) is 21.3. The minimum atomic E-state index is -3.21. The van der Waals surface area contributed by atoms with E-state index in [-0.39, 0.29) is 24.0 Å². The molecule has 0 saturated heterocycles. The summed E-state index contributed by atoms with van der Waals surface area (Å²) < 4.78 is 23.5. The molecular formula is C20H26Cl2IN3O2S. The maximum atomic E-state index is 11.7. The van der Waals surface area contributed by atoms with Gasteiger partial charge in [-0.15, -0.1) is 24.0 Å². The van der Waals surface area contributed by atoms with E-state index in [1.54, 1.807) is 25.1 Å². The Morgan fingerprint density at radius 1 is 1.03 bits per heavy atom. The van der Waals surface area contributed by atoms with E-state index in [9.17, 15) is 8.42 Å². The molecule has 2 rings (SSSR count). The van der Waals surface area contributed by atoms with E-state index in [1.807, 2.05) is 25.1 Å². The number of hydrogen-bond acceptors (Lipinski definition) is 3. The molecule has 0 aliphatic carbocycles. The van der Waals surface area contributed by atoms with Gasteiger partial charge in [0.25, 0.3) is 0 Å². The predicted octanol–water partition coefficient (Wildman–Crippen LogP) is 4.62. The number of sulfone groups is 1. The van der Waals surface area contributed by atoms with Crippen molar-refractivity contribution in [2.45, 2.75) is 31.7 Å². The molecule has 160 valence electrons. The van der Waals surface area contributed by atoms with E-state index >= 15 is 0 Å². The van der Waals surface area contributed by atoms with E-state index in [4.69, 9.17) is 23.2 Å². The van der Waals surface area contributed by atoms with Gasteiger partial charge in [0.1, 0.15) is 0 Å². The zero-order valence-electron chi connectivity index (χ0n) is 16.6. The second kappa shape index (κ2) is 12.0. The molecule has 5 nitrogen and oxygen atoms in total. The van der Waals surface area contributed by atoms with E-state index in [2.05, 4.69) is 15.6 Å². The molecule has 2 N–H and O–H groups in total. The molecule has 0 aromatic heterocycles. The number of aryl methyl sites for hydroxylation is 1. The van der Waals surface area contributed by atoms with E-state index in [0.717, 1.165) is 29.7 Å². The molecule has 0 spiro atoms. The number of benzene rings is 2. The molecule has 0 atom stereocenters. The third-order valence-electron chi connectivity index (χ3n) is 4.03. The first-order chi connectivity index (χ1) is 13.2. The molecule has 0 heterocycles. The summed E-state index contributed by atoms with van der Waals surface area (Å²) in [6, 6.07) is 10.8. The van der Waals surface area contributed by atoms with Gasteiger partial charge in [-0.1, -0.05) is 35.3 Å². The SMILES string of the molecule is CCNC(=NCc1ccc(S(C)(=O)=O)c(C)c1)NCCc1cc(Cl)cc(Cl)c1.I. The molecular weight excluding hydrogens is 544 g/mol. The lowest BCUT2D eigenvalue weighted by molar-refractivity contribution is 0.601. The van der Waals surface area contributed by atoms with Crippen molar-refractivity contribution in [2.24, 2.45) is 4.99 Å². The van der Waals surface area contributed by atoms with Crippen molar-refractivity contribution in [3.8, 4) is 0 Å². The van der Waals surface area contributed by atoms with E-state index < -0.39 is 9.84 Å².